The van der Waals surface area contributed by atoms with E-state index in [0.29, 0.717) is 6.42 Å². The average Bonchev–Trinajstić information content (AvgIpc) is 2.42. The van der Waals surface area contributed by atoms with Gasteiger partial charge in [0.1, 0.15) is 0 Å². The van der Waals surface area contributed by atoms with E-state index in [2.05, 4.69) is 28.1 Å². The van der Waals surface area contributed by atoms with E-state index in [9.17, 15) is 4.79 Å². The maximum absolute atomic E-state index is 11.9. The van der Waals surface area contributed by atoms with Crippen LogP contribution in [0.25, 0.3) is 0 Å². The number of hydrogen-bond donors (Lipinski definition) is 0. The van der Waals surface area contributed by atoms with Crippen molar-refractivity contribution < 1.29 is 4.79 Å². The molecule has 0 spiro atoms. The molecule has 18 heavy (non-hydrogen) atoms. The van der Waals surface area contributed by atoms with Gasteiger partial charge in [0, 0.05) is 27.1 Å². The fraction of sp³-hybridized carbons (Fsp3) is 0.133. The highest BCUT2D eigenvalue weighted by Gasteiger charge is 2.04. The Bertz CT molecular complexity index is 508. The molecule has 0 radical (unpaired) electrons. The first-order valence-corrected chi connectivity index (χ1v) is 7.50. The lowest BCUT2D eigenvalue weighted by atomic mass is 10.1. The first-order valence-electron chi connectivity index (χ1n) is 5.72. The van der Waals surface area contributed by atoms with Crippen molar-refractivity contribution in [3.8, 4) is 0 Å². The van der Waals surface area contributed by atoms with Crippen LogP contribution in [0.15, 0.2) is 64.0 Å². The molecule has 0 aliphatic heterocycles. The van der Waals surface area contributed by atoms with E-state index < -0.39 is 0 Å². The molecule has 0 amide bonds. The average molecular weight is 321 g/mol. The van der Waals surface area contributed by atoms with E-state index >= 15 is 0 Å². The number of thioether (sulfide) groups is 1. The van der Waals surface area contributed by atoms with Crippen molar-refractivity contribution >= 4 is 33.5 Å². The Morgan fingerprint density at radius 3 is 2.33 bits per heavy atom. The maximum atomic E-state index is 11.9. The molecule has 0 saturated heterocycles. The van der Waals surface area contributed by atoms with Crippen LogP contribution in [0.3, 0.4) is 0 Å². The van der Waals surface area contributed by atoms with Crippen molar-refractivity contribution in [1.82, 2.24) is 0 Å². The molecule has 0 heterocycles. The van der Waals surface area contributed by atoms with Gasteiger partial charge in [0.05, 0.1) is 0 Å². The van der Waals surface area contributed by atoms with Crippen LogP contribution < -0.4 is 0 Å². The molecule has 0 aromatic heterocycles. The molecule has 0 atom stereocenters. The van der Waals surface area contributed by atoms with E-state index in [-0.39, 0.29) is 5.78 Å². The molecule has 0 bridgehead atoms. The summed E-state index contributed by atoms with van der Waals surface area (Å²) in [5.74, 6) is 1.02. The molecule has 0 aliphatic rings. The molecule has 1 nitrogen and oxygen atoms in total. The van der Waals surface area contributed by atoms with Gasteiger partial charge < -0.3 is 0 Å². The Morgan fingerprint density at radius 2 is 1.67 bits per heavy atom. The third-order valence-corrected chi connectivity index (χ3v) is 4.05. The number of ketones is 1. The number of hydrogen-bond acceptors (Lipinski definition) is 2. The van der Waals surface area contributed by atoms with Crippen LogP contribution >= 0.6 is 27.7 Å². The van der Waals surface area contributed by atoms with Gasteiger partial charge in [-0.2, -0.15) is 0 Å². The lowest BCUT2D eigenvalue weighted by Gasteiger charge is -2.02. The van der Waals surface area contributed by atoms with Gasteiger partial charge in [-0.15, -0.1) is 11.8 Å². The predicted molar refractivity (Wildman–Crippen MR) is 80.3 cm³/mol. The fourth-order valence-electron chi connectivity index (χ4n) is 1.56. The molecular weight excluding hydrogens is 308 g/mol. The minimum absolute atomic E-state index is 0.209. The molecule has 92 valence electrons. The van der Waals surface area contributed by atoms with Gasteiger partial charge in [0.15, 0.2) is 5.78 Å². The molecule has 0 unspecified atom stereocenters. The normalized spacial score (nSPS) is 10.3. The molecular formula is C15H13BrOS. The van der Waals surface area contributed by atoms with E-state index in [1.807, 2.05) is 42.5 Å². The molecule has 0 saturated carbocycles. The van der Waals surface area contributed by atoms with Gasteiger partial charge in [0.2, 0.25) is 0 Å². The van der Waals surface area contributed by atoms with Gasteiger partial charge in [-0.05, 0) is 24.3 Å². The summed E-state index contributed by atoms with van der Waals surface area (Å²) in [4.78, 5) is 13.1. The van der Waals surface area contributed by atoms with Crippen LogP contribution in [-0.4, -0.2) is 11.5 Å². The molecule has 0 aliphatic carbocycles. The molecule has 2 aromatic rings. The van der Waals surface area contributed by atoms with Crippen LogP contribution in [0.2, 0.25) is 0 Å². The smallest absolute Gasteiger partial charge is 0.163 e. The zero-order valence-electron chi connectivity index (χ0n) is 9.80. The maximum Gasteiger partial charge on any atom is 0.163 e. The van der Waals surface area contributed by atoms with Gasteiger partial charge in [-0.1, -0.05) is 46.3 Å². The first-order chi connectivity index (χ1) is 8.75. The first kappa shape index (κ1) is 13.4. The highest BCUT2D eigenvalue weighted by molar-refractivity contribution is 9.10. The van der Waals surface area contributed by atoms with E-state index in [1.54, 1.807) is 11.8 Å². The Hall–Kier alpha value is -1.06. The van der Waals surface area contributed by atoms with Crippen molar-refractivity contribution in [2.45, 2.75) is 11.3 Å². The minimum atomic E-state index is 0.209. The second kappa shape index (κ2) is 6.76. The van der Waals surface area contributed by atoms with Crippen molar-refractivity contribution in [3.63, 3.8) is 0 Å². The van der Waals surface area contributed by atoms with Gasteiger partial charge >= 0.3 is 0 Å². The Kier molecular flexibility index (Phi) is 5.02. The largest absolute Gasteiger partial charge is 0.294 e. The highest BCUT2D eigenvalue weighted by atomic mass is 79.9. The third kappa shape index (κ3) is 4.00. The summed E-state index contributed by atoms with van der Waals surface area (Å²) < 4.78 is 1.08. The number of carbonyl (C=O) groups is 1. The molecule has 0 fully saturated rings. The lowest BCUT2D eigenvalue weighted by Crippen LogP contribution is -1.99. The summed E-state index contributed by atoms with van der Waals surface area (Å²) in [6.45, 7) is 0. The highest BCUT2D eigenvalue weighted by Crippen LogP contribution is 2.21. The summed E-state index contributed by atoms with van der Waals surface area (Å²) in [5.41, 5.74) is 0.800. The van der Waals surface area contributed by atoms with E-state index in [1.165, 1.54) is 4.90 Å². The fourth-order valence-corrected chi connectivity index (χ4v) is 2.68. The Balaban J connectivity index is 1.82. The third-order valence-electron chi connectivity index (χ3n) is 2.51. The number of benzene rings is 2. The standard InChI is InChI=1S/C15H13BrOS/c16-13-6-8-14(9-7-13)18-11-10-15(17)12-4-2-1-3-5-12/h1-9H,10-11H2. The number of Topliss-reactive ketones (excluding diaryl/α,β-unsaturated/α-hetero) is 1. The second-order valence-corrected chi connectivity index (χ2v) is 5.93. The monoisotopic (exact) mass is 320 g/mol. The van der Waals surface area contributed by atoms with E-state index in [0.717, 1.165) is 15.8 Å². The minimum Gasteiger partial charge on any atom is -0.294 e. The van der Waals surface area contributed by atoms with Crippen molar-refractivity contribution in [3.05, 3.63) is 64.6 Å². The summed E-state index contributed by atoms with van der Waals surface area (Å²) >= 11 is 5.11. The van der Waals surface area contributed by atoms with Crippen molar-refractivity contribution in [2.75, 3.05) is 5.75 Å². The van der Waals surface area contributed by atoms with Crippen LogP contribution in [0.1, 0.15) is 16.8 Å². The molecule has 2 aromatic carbocycles. The SMILES string of the molecule is O=C(CCSc1ccc(Br)cc1)c1ccccc1. The van der Waals surface area contributed by atoms with Crippen LogP contribution in [0.5, 0.6) is 0 Å². The second-order valence-electron chi connectivity index (χ2n) is 3.84. The molecule has 2 rings (SSSR count). The van der Waals surface area contributed by atoms with Gasteiger partial charge in [0.25, 0.3) is 0 Å². The van der Waals surface area contributed by atoms with E-state index in [4.69, 9.17) is 0 Å². The molecule has 3 heteroatoms. The number of rotatable bonds is 5. The summed E-state index contributed by atoms with van der Waals surface area (Å²) in [6.07, 6.45) is 0.574. The van der Waals surface area contributed by atoms with Crippen molar-refractivity contribution in [2.24, 2.45) is 0 Å². The zero-order chi connectivity index (χ0) is 12.8. The lowest BCUT2D eigenvalue weighted by molar-refractivity contribution is 0.0989. The summed E-state index contributed by atoms with van der Waals surface area (Å²) in [7, 11) is 0. The van der Waals surface area contributed by atoms with Gasteiger partial charge in [-0.3, -0.25) is 4.79 Å². The summed E-state index contributed by atoms with van der Waals surface area (Å²) in [6, 6.07) is 17.6. The van der Waals surface area contributed by atoms with Gasteiger partial charge in [-0.25, -0.2) is 0 Å². The Labute approximate surface area is 120 Å². The summed E-state index contributed by atoms with van der Waals surface area (Å²) in [5, 5.41) is 0. The van der Waals surface area contributed by atoms with Crippen LogP contribution in [0, 0.1) is 0 Å². The number of halogens is 1. The quantitative estimate of drug-likeness (QED) is 0.580. The zero-order valence-corrected chi connectivity index (χ0v) is 12.2. The predicted octanol–water partition coefficient (Wildman–Crippen LogP) is 4.81. The topological polar surface area (TPSA) is 17.1 Å². The number of carbonyl (C=O) groups excluding carboxylic acids is 1. The van der Waals surface area contributed by atoms with Crippen molar-refractivity contribution in [1.29, 1.82) is 0 Å². The molecule has 0 N–H and O–H groups in total. The van der Waals surface area contributed by atoms with Crippen LogP contribution in [0.4, 0.5) is 0 Å². The Morgan fingerprint density at radius 1 is 1.00 bits per heavy atom. The van der Waals surface area contributed by atoms with Crippen LogP contribution in [-0.2, 0) is 0 Å².